The summed E-state index contributed by atoms with van der Waals surface area (Å²) in [6.45, 7) is 10.2. The molecule has 3 rings (SSSR count). The van der Waals surface area contributed by atoms with E-state index < -0.39 is 0 Å². The third kappa shape index (κ3) is 3.78. The van der Waals surface area contributed by atoms with E-state index in [0.717, 1.165) is 31.7 Å². The smallest absolute Gasteiger partial charge is 0.122 e. The fraction of sp³-hybridized carbons (Fsp3) is 0.667. The zero-order valence-electron chi connectivity index (χ0n) is 13.4. The van der Waals surface area contributed by atoms with E-state index in [1.807, 2.05) is 0 Å². The molecule has 1 aromatic carbocycles. The predicted octanol–water partition coefficient (Wildman–Crippen LogP) is 2.48. The van der Waals surface area contributed by atoms with Gasteiger partial charge in [0.2, 0.25) is 0 Å². The summed E-state index contributed by atoms with van der Waals surface area (Å²) in [5, 5.41) is 3.68. The van der Waals surface area contributed by atoms with Crippen LogP contribution in [-0.2, 0) is 12.8 Å². The van der Waals surface area contributed by atoms with Gasteiger partial charge in [-0.1, -0.05) is 26.0 Å². The number of ether oxygens (including phenoxy) is 1. The molecule has 1 fully saturated rings. The van der Waals surface area contributed by atoms with Crippen molar-refractivity contribution < 1.29 is 4.74 Å². The number of nitrogens with zero attached hydrogens (tertiary/aromatic N) is 1. The molecule has 0 spiro atoms. The molecule has 0 amide bonds. The number of nitrogens with one attached hydrogen (secondary N) is 1. The summed E-state index contributed by atoms with van der Waals surface area (Å²) in [5.41, 5.74) is 2.85. The molecular weight excluding hydrogens is 260 g/mol. The quantitative estimate of drug-likeness (QED) is 0.921. The van der Waals surface area contributed by atoms with Gasteiger partial charge >= 0.3 is 0 Å². The van der Waals surface area contributed by atoms with Crippen LogP contribution in [0.25, 0.3) is 0 Å². The summed E-state index contributed by atoms with van der Waals surface area (Å²) >= 11 is 0. The van der Waals surface area contributed by atoms with E-state index in [-0.39, 0.29) is 0 Å². The Labute approximate surface area is 128 Å². The normalized spacial score (nSPS) is 22.9. The van der Waals surface area contributed by atoms with Crippen molar-refractivity contribution in [2.24, 2.45) is 5.92 Å². The highest BCUT2D eigenvalue weighted by Crippen LogP contribution is 2.26. The third-order valence-corrected chi connectivity index (χ3v) is 4.79. The number of hydrogen-bond acceptors (Lipinski definition) is 3. The lowest BCUT2D eigenvalue weighted by Gasteiger charge is -2.26. The van der Waals surface area contributed by atoms with Gasteiger partial charge in [0, 0.05) is 25.6 Å². The zero-order valence-corrected chi connectivity index (χ0v) is 13.4. The van der Waals surface area contributed by atoms with Crippen molar-refractivity contribution >= 4 is 0 Å². The van der Waals surface area contributed by atoms with E-state index in [0.29, 0.717) is 12.0 Å². The molecule has 3 heteroatoms. The van der Waals surface area contributed by atoms with Crippen LogP contribution in [0.1, 0.15) is 31.4 Å². The summed E-state index contributed by atoms with van der Waals surface area (Å²) in [6, 6.07) is 7.37. The maximum Gasteiger partial charge on any atom is 0.122 e. The summed E-state index contributed by atoms with van der Waals surface area (Å²) in [6.07, 6.45) is 3.49. The van der Waals surface area contributed by atoms with E-state index in [1.54, 1.807) is 0 Å². The van der Waals surface area contributed by atoms with E-state index in [9.17, 15) is 0 Å². The molecule has 1 unspecified atom stereocenters. The van der Waals surface area contributed by atoms with Gasteiger partial charge in [0.1, 0.15) is 5.75 Å². The average molecular weight is 288 g/mol. The monoisotopic (exact) mass is 288 g/mol. The minimum Gasteiger partial charge on any atom is -0.493 e. The molecule has 21 heavy (non-hydrogen) atoms. The molecule has 1 saturated heterocycles. The lowest BCUT2D eigenvalue weighted by atomic mass is 10.0. The molecule has 0 radical (unpaired) electrons. The first kappa shape index (κ1) is 14.9. The number of fused-ring (bicyclic) bond motifs is 1. The van der Waals surface area contributed by atoms with Gasteiger partial charge < -0.3 is 15.0 Å². The van der Waals surface area contributed by atoms with Crippen molar-refractivity contribution in [2.45, 2.75) is 39.2 Å². The van der Waals surface area contributed by atoms with Crippen LogP contribution < -0.4 is 10.1 Å². The van der Waals surface area contributed by atoms with Crippen molar-refractivity contribution in [1.82, 2.24) is 10.2 Å². The van der Waals surface area contributed by atoms with Crippen molar-refractivity contribution in [3.05, 3.63) is 29.3 Å². The molecule has 0 aliphatic carbocycles. The summed E-state index contributed by atoms with van der Waals surface area (Å²) in [7, 11) is 0. The number of hydrogen-bond donors (Lipinski definition) is 1. The Kier molecular flexibility index (Phi) is 4.81. The fourth-order valence-corrected chi connectivity index (χ4v) is 3.36. The summed E-state index contributed by atoms with van der Waals surface area (Å²) in [5.74, 6) is 1.81. The predicted molar refractivity (Wildman–Crippen MR) is 87.0 cm³/mol. The standard InChI is InChI=1S/C18H28N2O/c1-14(2)17-13-20(9-3-8-19-17)10-6-15-4-5-18-16(12-15)7-11-21-18/h4-5,12,14,17,19H,3,6-11,13H2,1-2H3. The Bertz CT molecular complexity index is 472. The fourth-order valence-electron chi connectivity index (χ4n) is 3.36. The van der Waals surface area contributed by atoms with Crippen molar-refractivity contribution in [1.29, 1.82) is 0 Å². The Morgan fingerprint density at radius 2 is 2.29 bits per heavy atom. The molecule has 1 aromatic rings. The van der Waals surface area contributed by atoms with E-state index in [2.05, 4.69) is 42.3 Å². The van der Waals surface area contributed by atoms with Crippen LogP contribution >= 0.6 is 0 Å². The Morgan fingerprint density at radius 3 is 3.14 bits per heavy atom. The Hall–Kier alpha value is -1.06. The van der Waals surface area contributed by atoms with Gasteiger partial charge in [0.05, 0.1) is 6.61 Å². The van der Waals surface area contributed by atoms with Crippen LogP contribution in [0.2, 0.25) is 0 Å². The first-order valence-corrected chi connectivity index (χ1v) is 8.43. The van der Waals surface area contributed by atoms with Crippen LogP contribution in [0.3, 0.4) is 0 Å². The van der Waals surface area contributed by atoms with Gasteiger partial charge in [0.25, 0.3) is 0 Å². The first-order valence-electron chi connectivity index (χ1n) is 8.43. The zero-order chi connectivity index (χ0) is 14.7. The van der Waals surface area contributed by atoms with Crippen molar-refractivity contribution in [3.8, 4) is 5.75 Å². The number of benzene rings is 1. The molecule has 2 aliphatic rings. The SMILES string of the molecule is CC(C)C1CN(CCc2ccc3c(c2)CCO3)CCCN1. The number of rotatable bonds is 4. The van der Waals surface area contributed by atoms with Crippen LogP contribution in [0.4, 0.5) is 0 Å². The molecule has 116 valence electrons. The van der Waals surface area contributed by atoms with Gasteiger partial charge in [-0.25, -0.2) is 0 Å². The first-order chi connectivity index (χ1) is 10.2. The molecule has 3 nitrogen and oxygen atoms in total. The molecular formula is C18H28N2O. The van der Waals surface area contributed by atoms with Gasteiger partial charge in [0.15, 0.2) is 0 Å². The van der Waals surface area contributed by atoms with Crippen LogP contribution in [0.5, 0.6) is 5.75 Å². The minimum absolute atomic E-state index is 0.640. The topological polar surface area (TPSA) is 24.5 Å². The largest absolute Gasteiger partial charge is 0.493 e. The maximum absolute atomic E-state index is 5.59. The summed E-state index contributed by atoms with van der Waals surface area (Å²) < 4.78 is 5.59. The highest BCUT2D eigenvalue weighted by atomic mass is 16.5. The van der Waals surface area contributed by atoms with Gasteiger partial charge in [-0.15, -0.1) is 0 Å². The van der Waals surface area contributed by atoms with Crippen molar-refractivity contribution in [2.75, 3.05) is 32.8 Å². The van der Waals surface area contributed by atoms with Gasteiger partial charge in [-0.2, -0.15) is 0 Å². The van der Waals surface area contributed by atoms with Crippen molar-refractivity contribution in [3.63, 3.8) is 0 Å². The lowest BCUT2D eigenvalue weighted by Crippen LogP contribution is -2.41. The summed E-state index contributed by atoms with van der Waals surface area (Å²) in [4.78, 5) is 2.63. The van der Waals surface area contributed by atoms with Gasteiger partial charge in [-0.05, 0) is 49.0 Å². The highest BCUT2D eigenvalue weighted by molar-refractivity contribution is 5.39. The van der Waals surface area contributed by atoms with Gasteiger partial charge in [-0.3, -0.25) is 0 Å². The van der Waals surface area contributed by atoms with E-state index >= 15 is 0 Å². The maximum atomic E-state index is 5.59. The molecule has 0 aromatic heterocycles. The molecule has 0 saturated carbocycles. The van der Waals surface area contributed by atoms with Crippen LogP contribution in [-0.4, -0.2) is 43.7 Å². The molecule has 2 heterocycles. The van der Waals surface area contributed by atoms with E-state index in [1.165, 1.54) is 37.2 Å². The average Bonchev–Trinajstić information content (AvgIpc) is 2.80. The lowest BCUT2D eigenvalue weighted by molar-refractivity contribution is 0.248. The molecule has 1 N–H and O–H groups in total. The molecule has 0 bridgehead atoms. The minimum atomic E-state index is 0.640. The highest BCUT2D eigenvalue weighted by Gasteiger charge is 2.20. The second kappa shape index (κ2) is 6.80. The Balaban J connectivity index is 1.56. The van der Waals surface area contributed by atoms with Crippen LogP contribution in [0, 0.1) is 5.92 Å². The van der Waals surface area contributed by atoms with E-state index in [4.69, 9.17) is 4.74 Å². The molecule has 2 aliphatic heterocycles. The third-order valence-electron chi connectivity index (χ3n) is 4.79. The Morgan fingerprint density at radius 1 is 1.38 bits per heavy atom. The second-order valence-corrected chi connectivity index (χ2v) is 6.75. The van der Waals surface area contributed by atoms with Crippen LogP contribution in [0.15, 0.2) is 18.2 Å². The second-order valence-electron chi connectivity index (χ2n) is 6.75. The molecule has 1 atom stereocenters.